The van der Waals surface area contributed by atoms with E-state index < -0.39 is 53.1 Å². The van der Waals surface area contributed by atoms with Crippen LogP contribution in [0.2, 0.25) is 0 Å². The quantitative estimate of drug-likeness (QED) is 0.0316. The summed E-state index contributed by atoms with van der Waals surface area (Å²) in [5.41, 5.74) is 8.91. The molecule has 2 aliphatic heterocycles. The number of hydrogen-bond acceptors (Lipinski definition) is 15. The van der Waals surface area contributed by atoms with Gasteiger partial charge < -0.3 is 43.6 Å². The summed E-state index contributed by atoms with van der Waals surface area (Å²) in [7, 11) is 0. The standard InChI is InChI=1S/C31H42N2O8.C31H44N2O6/c1-8-32(19-39-31(6,7)17-24-12-10-9-11-13-24)30(35)38-18-25-14-15-27(26(16-25)33(36)37)40-29-22(4)20(2)21(3)28(41-29)23(5)34;1-8-33(19-37-31(6,7)17-24-12-10-9-11-13-24)30(35)36-18-25-14-15-27(26(32)16-25)38-29-22(4)20(2)21(3)28(39-29)23(5)34/h9-16,20-22,28-29H,8,17-19H2,1-7H3;9-16,20-22,28-29H,8,17-19,32H2,1-7H3/t2*20-,21?,22-,28?,29?/m00/s1. The first-order chi connectivity index (χ1) is 37.7. The Kier molecular flexibility index (Phi) is 23.5. The summed E-state index contributed by atoms with van der Waals surface area (Å²) in [4.78, 5) is 64.0. The second kappa shape index (κ2) is 29.2. The van der Waals surface area contributed by atoms with Gasteiger partial charge in [-0.3, -0.25) is 29.5 Å². The highest BCUT2D eigenvalue weighted by Gasteiger charge is 2.44. The summed E-state index contributed by atoms with van der Waals surface area (Å²) in [5.74, 6) is 0.810. The van der Waals surface area contributed by atoms with Crippen LogP contribution in [0.15, 0.2) is 97.1 Å². The number of carbonyl (C=O) groups is 4. The summed E-state index contributed by atoms with van der Waals surface area (Å²) in [6.07, 6.45) is -2.19. The van der Waals surface area contributed by atoms with Crippen molar-refractivity contribution >= 4 is 35.1 Å². The molecule has 6 rings (SSSR count). The average Bonchev–Trinajstić information content (AvgIpc) is 3.42. The molecule has 2 N–H and O–H groups in total. The lowest BCUT2D eigenvalue weighted by atomic mass is 9.78. The van der Waals surface area contributed by atoms with Gasteiger partial charge in [0.15, 0.2) is 17.3 Å². The number of benzene rings is 4. The molecule has 0 saturated carbocycles. The number of nitro groups is 1. The molecule has 6 unspecified atom stereocenters. The van der Waals surface area contributed by atoms with Crippen LogP contribution in [0.4, 0.5) is 21.0 Å². The van der Waals surface area contributed by atoms with Crippen LogP contribution in [0.5, 0.6) is 11.5 Å². The van der Waals surface area contributed by atoms with E-state index in [-0.39, 0.29) is 85.2 Å². The van der Waals surface area contributed by atoms with Gasteiger partial charge in [0.25, 0.3) is 0 Å². The van der Waals surface area contributed by atoms with E-state index in [0.717, 1.165) is 17.5 Å². The fourth-order valence-corrected chi connectivity index (χ4v) is 9.73. The first-order valence-electron chi connectivity index (χ1n) is 27.7. The number of nitrogen functional groups attached to an aromatic ring is 1. The minimum absolute atomic E-state index is 0.00239. The SMILES string of the molecule is CCN(COC(C)(C)Cc1ccccc1)C(=O)OCc1ccc(OC2OC(C(C)=O)C(C)[C@H](C)[C@@H]2C)c(N)c1.CCN(COC(C)(C)Cc1ccccc1)C(=O)OCc1ccc(OC2OC(C(C)=O)C(C)[C@H](C)[C@@H]2C)c([N+](=O)[O-])c1. The van der Waals surface area contributed by atoms with Gasteiger partial charge >= 0.3 is 17.9 Å². The Balaban J connectivity index is 0.000000294. The zero-order valence-corrected chi connectivity index (χ0v) is 49.3. The van der Waals surface area contributed by atoms with Crippen molar-refractivity contribution in [3.05, 3.63) is 129 Å². The van der Waals surface area contributed by atoms with Crippen LogP contribution in [-0.4, -0.2) is 101 Å². The van der Waals surface area contributed by atoms with Crippen LogP contribution < -0.4 is 15.2 Å². The lowest BCUT2D eigenvalue weighted by Gasteiger charge is -2.42. The summed E-state index contributed by atoms with van der Waals surface area (Å²) in [6.45, 7) is 27.6. The van der Waals surface area contributed by atoms with Gasteiger partial charge in [0.05, 0.1) is 21.8 Å². The number of nitrogens with zero attached hydrogens (tertiary/aromatic N) is 3. The van der Waals surface area contributed by atoms with E-state index in [4.69, 9.17) is 43.6 Å². The molecule has 18 heteroatoms. The van der Waals surface area contributed by atoms with Gasteiger partial charge in [-0.1, -0.05) is 114 Å². The van der Waals surface area contributed by atoms with E-state index in [1.807, 2.05) is 118 Å². The van der Waals surface area contributed by atoms with Crippen molar-refractivity contribution in [3.63, 3.8) is 0 Å². The number of nitro benzene ring substituents is 1. The molecule has 0 spiro atoms. The van der Waals surface area contributed by atoms with Crippen molar-refractivity contribution in [1.82, 2.24) is 9.80 Å². The van der Waals surface area contributed by atoms with Gasteiger partial charge in [-0.15, -0.1) is 0 Å². The molecule has 4 aromatic carbocycles. The van der Waals surface area contributed by atoms with E-state index in [1.54, 1.807) is 31.2 Å². The van der Waals surface area contributed by atoms with Crippen molar-refractivity contribution in [2.45, 2.75) is 159 Å². The average molecular weight is 1110 g/mol. The van der Waals surface area contributed by atoms with E-state index in [0.29, 0.717) is 36.5 Å². The lowest BCUT2D eigenvalue weighted by Crippen LogP contribution is -2.49. The molecule has 2 aliphatic rings. The summed E-state index contributed by atoms with van der Waals surface area (Å²) < 4.78 is 47.1. The molecule has 0 bridgehead atoms. The number of carbonyl (C=O) groups excluding carboxylic acids is 4. The lowest BCUT2D eigenvalue weighted by molar-refractivity contribution is -0.386. The molecule has 10 atom stereocenters. The topological polar surface area (TPSA) is 218 Å². The molecule has 438 valence electrons. The fourth-order valence-electron chi connectivity index (χ4n) is 9.73. The third-order valence-electron chi connectivity index (χ3n) is 15.4. The van der Waals surface area contributed by atoms with Crippen LogP contribution in [0.3, 0.4) is 0 Å². The molecular formula is C62H86N4O14. The molecule has 2 fully saturated rings. The molecule has 0 radical (unpaired) electrons. The Morgan fingerprint density at radius 3 is 1.32 bits per heavy atom. The highest BCUT2D eigenvalue weighted by Crippen LogP contribution is 2.40. The largest absolute Gasteiger partial charge is 0.462 e. The molecule has 0 aliphatic carbocycles. The van der Waals surface area contributed by atoms with Crippen molar-refractivity contribution in [2.75, 3.05) is 32.3 Å². The normalized spacial score (nSPS) is 22.9. The number of ether oxygens (including phenoxy) is 8. The Morgan fingerprint density at radius 2 is 0.950 bits per heavy atom. The maximum Gasteiger partial charge on any atom is 0.411 e. The maximum atomic E-state index is 12.8. The molecule has 0 aromatic heterocycles. The molecule has 80 heavy (non-hydrogen) atoms. The second-order valence-corrected chi connectivity index (χ2v) is 22.6. The number of nitrogens with two attached hydrogens (primary N) is 1. The predicted molar refractivity (Wildman–Crippen MR) is 304 cm³/mol. The Bertz CT molecular complexity index is 2670. The number of rotatable bonds is 23. The van der Waals surface area contributed by atoms with Gasteiger partial charge in [0, 0.05) is 43.8 Å². The summed E-state index contributed by atoms with van der Waals surface area (Å²) in [5, 5.41) is 11.9. The van der Waals surface area contributed by atoms with E-state index in [9.17, 15) is 29.3 Å². The third kappa shape index (κ3) is 18.2. The smallest absolute Gasteiger partial charge is 0.411 e. The van der Waals surface area contributed by atoms with Gasteiger partial charge in [-0.05, 0) is 120 Å². The van der Waals surface area contributed by atoms with Gasteiger partial charge in [-0.2, -0.15) is 0 Å². The number of ketones is 2. The van der Waals surface area contributed by atoms with Crippen molar-refractivity contribution in [2.24, 2.45) is 35.5 Å². The van der Waals surface area contributed by atoms with Gasteiger partial charge in [-0.25, -0.2) is 9.59 Å². The molecule has 2 saturated heterocycles. The minimum atomic E-state index is -0.818. The molecule has 2 heterocycles. The van der Waals surface area contributed by atoms with Crippen molar-refractivity contribution in [1.29, 1.82) is 0 Å². The Labute approximate surface area is 473 Å². The van der Waals surface area contributed by atoms with Gasteiger partial charge in [0.2, 0.25) is 12.6 Å². The Morgan fingerprint density at radius 1 is 0.562 bits per heavy atom. The maximum absolute atomic E-state index is 12.8. The predicted octanol–water partition coefficient (Wildman–Crippen LogP) is 12.0. The number of hydrogen-bond donors (Lipinski definition) is 1. The first-order valence-corrected chi connectivity index (χ1v) is 27.7. The van der Waals surface area contributed by atoms with E-state index >= 15 is 0 Å². The van der Waals surface area contributed by atoms with Crippen LogP contribution >= 0.6 is 0 Å². The molecule has 4 aromatic rings. The number of amides is 2. The van der Waals surface area contributed by atoms with Crippen molar-refractivity contribution in [3.8, 4) is 11.5 Å². The first kappa shape index (κ1) is 64.2. The molecular weight excluding hydrogens is 1020 g/mol. The van der Waals surface area contributed by atoms with Gasteiger partial charge in [0.1, 0.15) is 44.6 Å². The van der Waals surface area contributed by atoms with Crippen LogP contribution in [-0.2, 0) is 64.1 Å². The number of Topliss-reactive ketones (excluding diaryl/α,β-unsaturated/α-hetero) is 2. The monoisotopic (exact) mass is 1110 g/mol. The summed E-state index contributed by atoms with van der Waals surface area (Å²) >= 11 is 0. The minimum Gasteiger partial charge on any atom is -0.462 e. The second-order valence-electron chi connectivity index (χ2n) is 22.6. The number of anilines is 1. The zero-order valence-electron chi connectivity index (χ0n) is 49.3. The highest BCUT2D eigenvalue weighted by atomic mass is 16.7. The van der Waals surface area contributed by atoms with Crippen molar-refractivity contribution < 1.29 is 62.0 Å². The van der Waals surface area contributed by atoms with Crippen LogP contribution in [0, 0.1) is 45.6 Å². The van der Waals surface area contributed by atoms with E-state index in [2.05, 4.69) is 26.0 Å². The summed E-state index contributed by atoms with van der Waals surface area (Å²) in [6, 6.07) is 29.7. The highest BCUT2D eigenvalue weighted by molar-refractivity contribution is 5.81. The third-order valence-corrected chi connectivity index (χ3v) is 15.4. The van der Waals surface area contributed by atoms with Crippen LogP contribution in [0.1, 0.15) is 119 Å². The Hall–Kier alpha value is -6.60. The van der Waals surface area contributed by atoms with Crippen LogP contribution in [0.25, 0.3) is 0 Å². The zero-order chi connectivity index (χ0) is 59.1. The molecule has 18 nitrogen and oxygen atoms in total. The van der Waals surface area contributed by atoms with E-state index in [1.165, 1.54) is 34.4 Å². The fraction of sp³-hybridized carbons (Fsp3) is 0.548. The molecule has 2 amide bonds.